The van der Waals surface area contributed by atoms with Crippen molar-refractivity contribution < 1.29 is 27.5 Å². The van der Waals surface area contributed by atoms with E-state index in [0.29, 0.717) is 24.5 Å². The molecule has 0 N–H and O–H groups in total. The van der Waals surface area contributed by atoms with Crippen molar-refractivity contribution in [3.63, 3.8) is 0 Å². The number of carbonyl (C=O) groups is 2. The van der Waals surface area contributed by atoms with E-state index in [4.69, 9.17) is 22.2 Å². The minimum Gasteiger partial charge on any atom is -0.493 e. The summed E-state index contributed by atoms with van der Waals surface area (Å²) in [5.74, 6) is 0.154. The molecule has 4 rings (SSSR count). The number of hydrogen-bond donors (Lipinski definition) is 0. The number of benzene rings is 3. The Bertz CT molecular complexity index is 1430. The van der Waals surface area contributed by atoms with Crippen LogP contribution in [-0.4, -0.2) is 29.5 Å². The highest BCUT2D eigenvalue weighted by atomic mass is 32.1. The van der Waals surface area contributed by atoms with Crippen LogP contribution in [0.3, 0.4) is 0 Å². The smallest absolute Gasteiger partial charge is 0.417 e. The highest BCUT2D eigenvalue weighted by Crippen LogP contribution is 2.40. The van der Waals surface area contributed by atoms with Crippen LogP contribution in [0, 0.1) is 11.3 Å². The van der Waals surface area contributed by atoms with E-state index < -0.39 is 28.7 Å². The van der Waals surface area contributed by atoms with Gasteiger partial charge in [-0.05, 0) is 79.7 Å². The first-order valence-corrected chi connectivity index (χ1v) is 12.0. The number of hydrogen-bond acceptors (Lipinski definition) is 5. The lowest BCUT2D eigenvalue weighted by molar-refractivity contribution is -0.137. The minimum absolute atomic E-state index is 0.0300. The molecule has 194 valence electrons. The average Bonchev–Trinajstić information content (AvgIpc) is 3.07. The molecule has 0 spiro atoms. The topological polar surface area (TPSA) is 73.6 Å². The molecule has 0 aromatic heterocycles. The molecule has 0 saturated carbocycles. The van der Waals surface area contributed by atoms with Crippen LogP contribution in [0.4, 0.5) is 24.5 Å². The fourth-order valence-electron chi connectivity index (χ4n) is 4.23. The fraction of sp³-hybridized carbons (Fsp3) is 0.214. The molecule has 0 bridgehead atoms. The average molecular weight is 538 g/mol. The first-order valence-electron chi connectivity index (χ1n) is 11.6. The molecule has 1 aliphatic heterocycles. The van der Waals surface area contributed by atoms with Crippen LogP contribution in [0.15, 0.2) is 66.7 Å². The first kappa shape index (κ1) is 26.8. The van der Waals surface area contributed by atoms with Gasteiger partial charge in [-0.25, -0.2) is 0 Å². The van der Waals surface area contributed by atoms with Crippen molar-refractivity contribution in [3.8, 4) is 22.9 Å². The number of anilines is 2. The summed E-state index contributed by atoms with van der Waals surface area (Å²) in [7, 11) is 0. The number of ether oxygens (including phenoxy) is 1. The van der Waals surface area contributed by atoms with Gasteiger partial charge in [0, 0.05) is 12.1 Å². The van der Waals surface area contributed by atoms with Crippen molar-refractivity contribution >= 4 is 40.9 Å². The minimum atomic E-state index is -4.77. The Labute approximate surface area is 222 Å². The van der Waals surface area contributed by atoms with E-state index in [1.807, 2.05) is 24.3 Å². The Morgan fingerprint density at radius 3 is 2.13 bits per heavy atom. The molecule has 1 amide bonds. The summed E-state index contributed by atoms with van der Waals surface area (Å²) in [6.45, 7) is 3.60. The van der Waals surface area contributed by atoms with Gasteiger partial charge in [-0.2, -0.15) is 18.4 Å². The van der Waals surface area contributed by atoms with E-state index in [1.54, 1.807) is 49.1 Å². The van der Waals surface area contributed by atoms with Gasteiger partial charge in [-0.3, -0.25) is 9.69 Å². The summed E-state index contributed by atoms with van der Waals surface area (Å²) < 4.78 is 46.1. The standard InChI is InChI=1S/C28H22F3N3O3S/c1-27(2)25(36)33(22-11-6-20(17-32)24(16-22)28(29,30)31)26(38)34(27)21-9-4-18(5-10-21)19-7-12-23(13-8-19)37-15-3-14-35/h4-14,16H,3,15H2,1-2H3. The van der Waals surface area contributed by atoms with Crippen molar-refractivity contribution in [2.75, 3.05) is 16.4 Å². The van der Waals surface area contributed by atoms with Crippen molar-refractivity contribution in [2.45, 2.75) is 32.0 Å². The Hall–Kier alpha value is -4.23. The van der Waals surface area contributed by atoms with Crippen LogP contribution in [0.1, 0.15) is 31.4 Å². The second-order valence-electron chi connectivity index (χ2n) is 9.03. The second kappa shape index (κ2) is 10.3. The predicted octanol–water partition coefficient (Wildman–Crippen LogP) is 6.13. The summed E-state index contributed by atoms with van der Waals surface area (Å²) in [5, 5.41) is 9.13. The molecule has 38 heavy (non-hydrogen) atoms. The SMILES string of the molecule is CC1(C)C(=O)N(c2ccc(C#N)c(C(F)(F)F)c2)C(=S)N1c1ccc(-c2ccc(OCCC=O)cc2)cc1. The van der Waals surface area contributed by atoms with Crippen LogP contribution in [0.25, 0.3) is 11.1 Å². The Morgan fingerprint density at radius 2 is 1.58 bits per heavy atom. The van der Waals surface area contributed by atoms with E-state index >= 15 is 0 Å². The van der Waals surface area contributed by atoms with Crippen LogP contribution in [0.5, 0.6) is 5.75 Å². The van der Waals surface area contributed by atoms with Gasteiger partial charge in [0.1, 0.15) is 17.6 Å². The van der Waals surface area contributed by atoms with Crippen molar-refractivity contribution in [3.05, 3.63) is 77.9 Å². The molecule has 0 atom stereocenters. The van der Waals surface area contributed by atoms with Crippen molar-refractivity contribution in [1.29, 1.82) is 5.26 Å². The molecule has 0 aliphatic carbocycles. The van der Waals surface area contributed by atoms with Gasteiger partial charge in [0.05, 0.1) is 29.5 Å². The quantitative estimate of drug-likeness (QED) is 0.205. The number of aldehydes is 1. The maximum absolute atomic E-state index is 13.5. The summed E-state index contributed by atoms with van der Waals surface area (Å²) in [4.78, 5) is 26.5. The van der Waals surface area contributed by atoms with E-state index in [1.165, 1.54) is 6.07 Å². The molecule has 3 aromatic rings. The van der Waals surface area contributed by atoms with Crippen molar-refractivity contribution in [2.24, 2.45) is 0 Å². The van der Waals surface area contributed by atoms with Gasteiger partial charge in [-0.1, -0.05) is 24.3 Å². The molecule has 10 heteroatoms. The molecule has 6 nitrogen and oxygen atoms in total. The molecule has 3 aromatic carbocycles. The lowest BCUT2D eigenvalue weighted by atomic mass is 10.0. The highest BCUT2D eigenvalue weighted by Gasteiger charge is 2.50. The zero-order valence-corrected chi connectivity index (χ0v) is 21.3. The molecule has 1 aliphatic rings. The summed E-state index contributed by atoms with van der Waals surface area (Å²) >= 11 is 5.58. The van der Waals surface area contributed by atoms with Gasteiger partial charge in [0.25, 0.3) is 5.91 Å². The number of alkyl halides is 3. The van der Waals surface area contributed by atoms with Crippen molar-refractivity contribution in [1.82, 2.24) is 0 Å². The van der Waals surface area contributed by atoms with Crippen LogP contribution in [0.2, 0.25) is 0 Å². The number of nitrogens with zero attached hydrogens (tertiary/aromatic N) is 3. The van der Waals surface area contributed by atoms with Crippen LogP contribution in [-0.2, 0) is 15.8 Å². The fourth-order valence-corrected chi connectivity index (χ4v) is 4.75. The Balaban J connectivity index is 1.62. The maximum atomic E-state index is 13.5. The van der Waals surface area contributed by atoms with Gasteiger partial charge in [0.15, 0.2) is 5.11 Å². The third-order valence-electron chi connectivity index (χ3n) is 6.17. The zero-order chi connectivity index (χ0) is 27.7. The third kappa shape index (κ3) is 4.97. The molecule has 1 fully saturated rings. The summed E-state index contributed by atoms with van der Waals surface area (Å²) in [5.41, 5.74) is -0.503. The lowest BCUT2D eigenvalue weighted by Crippen LogP contribution is -2.44. The lowest BCUT2D eigenvalue weighted by Gasteiger charge is -2.29. The largest absolute Gasteiger partial charge is 0.493 e. The molecular formula is C28H22F3N3O3S. The number of carbonyl (C=O) groups excluding carboxylic acids is 2. The van der Waals surface area contributed by atoms with E-state index in [0.717, 1.165) is 34.4 Å². The molecule has 0 unspecified atom stereocenters. The number of halogens is 3. The normalized spacial score (nSPS) is 14.9. The van der Waals surface area contributed by atoms with Crippen LogP contribution < -0.4 is 14.5 Å². The second-order valence-corrected chi connectivity index (χ2v) is 9.40. The molecule has 1 saturated heterocycles. The van der Waals surface area contributed by atoms with Gasteiger partial charge < -0.3 is 14.4 Å². The van der Waals surface area contributed by atoms with Gasteiger partial charge >= 0.3 is 6.18 Å². The maximum Gasteiger partial charge on any atom is 0.417 e. The third-order valence-corrected chi connectivity index (χ3v) is 6.54. The van der Waals surface area contributed by atoms with E-state index in [9.17, 15) is 22.8 Å². The van der Waals surface area contributed by atoms with E-state index in [-0.39, 0.29) is 10.8 Å². The summed E-state index contributed by atoms with van der Waals surface area (Å²) in [6.07, 6.45) is -3.66. The summed E-state index contributed by atoms with van der Waals surface area (Å²) in [6, 6.07) is 19.3. The Morgan fingerprint density at radius 1 is 1.00 bits per heavy atom. The van der Waals surface area contributed by atoms with Gasteiger partial charge in [-0.15, -0.1) is 0 Å². The number of rotatable bonds is 7. The monoisotopic (exact) mass is 537 g/mol. The first-order chi connectivity index (χ1) is 18.0. The molecule has 1 heterocycles. The predicted molar refractivity (Wildman–Crippen MR) is 141 cm³/mol. The highest BCUT2D eigenvalue weighted by molar-refractivity contribution is 7.81. The number of nitriles is 1. The van der Waals surface area contributed by atoms with E-state index in [2.05, 4.69) is 0 Å². The number of thiocarbonyl (C=S) groups is 1. The zero-order valence-electron chi connectivity index (χ0n) is 20.5. The molecule has 0 radical (unpaired) electrons. The van der Waals surface area contributed by atoms with Crippen LogP contribution >= 0.6 is 12.2 Å². The Kier molecular flexibility index (Phi) is 7.24. The molecular weight excluding hydrogens is 515 g/mol. The van der Waals surface area contributed by atoms with Gasteiger partial charge in [0.2, 0.25) is 0 Å². The number of amides is 1.